The minimum atomic E-state index is -5.29. The van der Waals surface area contributed by atoms with Crippen molar-refractivity contribution in [3.05, 3.63) is 10.7 Å². The maximum absolute atomic E-state index is 12.5. The topological polar surface area (TPSA) is 209 Å². The molecule has 2 atom stereocenters. The number of ether oxygens (including phenoxy) is 1. The van der Waals surface area contributed by atoms with Gasteiger partial charge in [0.05, 0.1) is 5.75 Å². The number of aromatic nitrogens is 1. The number of hydrogen-bond donors (Lipinski definition) is 4. The van der Waals surface area contributed by atoms with E-state index in [2.05, 4.69) is 4.98 Å². The summed E-state index contributed by atoms with van der Waals surface area (Å²) < 4.78 is 78.4. The van der Waals surface area contributed by atoms with E-state index >= 15 is 0 Å². The first kappa shape index (κ1) is 26.1. The fourth-order valence-corrected chi connectivity index (χ4v) is 5.26. The molecule has 0 aliphatic heterocycles. The number of nitrogen functional groups attached to an aromatic ring is 1. The van der Waals surface area contributed by atoms with Crippen molar-refractivity contribution in [1.29, 1.82) is 0 Å². The number of carbonyl (C=O) groups is 2. The lowest BCUT2D eigenvalue weighted by Crippen LogP contribution is -2.45. The molecule has 0 unspecified atom stereocenters. The van der Waals surface area contributed by atoms with E-state index < -0.39 is 66.0 Å². The van der Waals surface area contributed by atoms with E-state index in [1.165, 1.54) is 0 Å². The lowest BCUT2D eigenvalue weighted by molar-refractivity contribution is -0.139. The van der Waals surface area contributed by atoms with Gasteiger partial charge in [0, 0.05) is 0 Å². The Balaban J connectivity index is 3.17. The van der Waals surface area contributed by atoms with Crippen LogP contribution in [0.25, 0.3) is 0 Å². The van der Waals surface area contributed by atoms with Crippen molar-refractivity contribution in [2.45, 2.75) is 43.5 Å². The van der Waals surface area contributed by atoms with Gasteiger partial charge in [-0.05, 0) is 20.8 Å². The number of esters is 1. The number of nitrogens with one attached hydrogen (secondary N) is 1. The van der Waals surface area contributed by atoms with Crippen LogP contribution in [0.2, 0.25) is 0 Å². The molecular weight excluding hydrogens is 474 g/mol. The van der Waals surface area contributed by atoms with Gasteiger partial charge in [0.15, 0.2) is 6.04 Å². The van der Waals surface area contributed by atoms with E-state index in [0.29, 0.717) is 11.3 Å². The molecule has 6 N–H and O–H groups in total. The van der Waals surface area contributed by atoms with Crippen LogP contribution in [0.1, 0.15) is 42.3 Å². The van der Waals surface area contributed by atoms with Gasteiger partial charge in [-0.1, -0.05) is 11.3 Å². The standard InChI is InChI=1S/C13H20F2N4O8S3/c1-13(2,3)27-11(22)9-18-6(8(17)28-9)7(10(20)21)19-29(23,24)4-5(16)30(25,26)12(14)15/h5,7,12,19H,4,16-17H2,1-3H3,(H,20,21)/t5-,7+/m0/s1. The lowest BCUT2D eigenvalue weighted by Gasteiger charge is -2.18. The molecule has 1 heterocycles. The second-order valence-electron chi connectivity index (χ2n) is 6.83. The maximum Gasteiger partial charge on any atom is 0.368 e. The van der Waals surface area contributed by atoms with Gasteiger partial charge in [-0.2, -0.15) is 13.5 Å². The van der Waals surface area contributed by atoms with Crippen molar-refractivity contribution in [1.82, 2.24) is 9.71 Å². The molecule has 1 aromatic heterocycles. The number of sulfone groups is 1. The molecule has 0 amide bonds. The molecule has 0 aromatic carbocycles. The van der Waals surface area contributed by atoms with Crippen LogP contribution < -0.4 is 16.2 Å². The molecule has 12 nitrogen and oxygen atoms in total. The molecule has 17 heteroatoms. The van der Waals surface area contributed by atoms with Crippen LogP contribution in [-0.2, 0) is 29.4 Å². The Morgan fingerprint density at radius 3 is 2.23 bits per heavy atom. The summed E-state index contributed by atoms with van der Waals surface area (Å²) in [6.45, 7) is 4.69. The molecule has 0 spiro atoms. The molecule has 0 aliphatic rings. The number of thiazole rings is 1. The third-order valence-electron chi connectivity index (χ3n) is 3.13. The van der Waals surface area contributed by atoms with Gasteiger partial charge in [-0.15, -0.1) is 0 Å². The maximum atomic E-state index is 12.5. The van der Waals surface area contributed by atoms with Crippen molar-refractivity contribution in [3.63, 3.8) is 0 Å². The van der Waals surface area contributed by atoms with E-state index in [1.54, 1.807) is 25.5 Å². The molecule has 30 heavy (non-hydrogen) atoms. The minimum Gasteiger partial charge on any atom is -0.480 e. The van der Waals surface area contributed by atoms with Crippen LogP contribution in [-0.4, -0.2) is 61.3 Å². The summed E-state index contributed by atoms with van der Waals surface area (Å²) in [4.78, 5) is 27.3. The second kappa shape index (κ2) is 9.04. The van der Waals surface area contributed by atoms with Crippen molar-refractivity contribution in [3.8, 4) is 0 Å². The van der Waals surface area contributed by atoms with Crippen LogP contribution in [0.4, 0.5) is 13.8 Å². The number of rotatable bonds is 9. The number of halogens is 2. The van der Waals surface area contributed by atoms with Gasteiger partial charge in [-0.3, -0.25) is 4.79 Å². The van der Waals surface area contributed by atoms with E-state index in [-0.39, 0.29) is 10.0 Å². The molecule has 0 fully saturated rings. The van der Waals surface area contributed by atoms with E-state index in [0.717, 1.165) is 0 Å². The average Bonchev–Trinajstić information content (AvgIpc) is 2.92. The molecule has 172 valence electrons. The Bertz CT molecular complexity index is 1020. The van der Waals surface area contributed by atoms with Crippen LogP contribution >= 0.6 is 11.3 Å². The smallest absolute Gasteiger partial charge is 0.368 e. The Kier molecular flexibility index (Phi) is 7.86. The first-order valence-electron chi connectivity index (χ1n) is 7.86. The number of carboxylic acids is 1. The molecule has 0 radical (unpaired) electrons. The van der Waals surface area contributed by atoms with Crippen LogP contribution in [0.15, 0.2) is 0 Å². The largest absolute Gasteiger partial charge is 0.480 e. The zero-order chi connectivity index (χ0) is 23.7. The number of carboxylic acid groups (broad SMARTS) is 1. The number of alkyl halides is 2. The Hall–Kier alpha value is -1.95. The fraction of sp³-hybridized carbons (Fsp3) is 0.615. The average molecular weight is 495 g/mol. The molecule has 0 saturated carbocycles. The number of hydrogen-bond acceptors (Lipinski definition) is 11. The second-order valence-corrected chi connectivity index (χ2v) is 11.8. The monoisotopic (exact) mass is 494 g/mol. The van der Waals surface area contributed by atoms with Gasteiger partial charge >= 0.3 is 17.7 Å². The zero-order valence-electron chi connectivity index (χ0n) is 15.8. The summed E-state index contributed by atoms with van der Waals surface area (Å²) in [5, 5.41) is 6.11. The van der Waals surface area contributed by atoms with Gasteiger partial charge in [0.1, 0.15) is 21.7 Å². The molecule has 1 rings (SSSR count). The molecule has 0 saturated heterocycles. The highest BCUT2D eigenvalue weighted by Gasteiger charge is 2.38. The fourth-order valence-electron chi connectivity index (χ4n) is 1.85. The minimum absolute atomic E-state index is 0.338. The predicted octanol–water partition coefficient (Wildman–Crippen LogP) is -0.352. The van der Waals surface area contributed by atoms with Crippen LogP contribution in [0.3, 0.4) is 0 Å². The van der Waals surface area contributed by atoms with Gasteiger partial charge in [0.25, 0.3) is 0 Å². The summed E-state index contributed by atoms with van der Waals surface area (Å²) in [5.41, 5.74) is 9.20. The highest BCUT2D eigenvalue weighted by atomic mass is 32.2. The summed E-state index contributed by atoms with van der Waals surface area (Å²) in [6, 6.07) is -2.15. The highest BCUT2D eigenvalue weighted by molar-refractivity contribution is 7.95. The molecule has 0 bridgehead atoms. The summed E-state index contributed by atoms with van der Waals surface area (Å²) in [7, 11) is -10.1. The number of nitrogens with two attached hydrogens (primary N) is 2. The normalized spacial score (nSPS) is 15.0. The summed E-state index contributed by atoms with van der Waals surface area (Å²) in [6.07, 6.45) is 0. The number of nitrogens with zero attached hydrogens (tertiary/aromatic N) is 1. The quantitative estimate of drug-likeness (QED) is 0.326. The van der Waals surface area contributed by atoms with Crippen molar-refractivity contribution in [2.24, 2.45) is 5.73 Å². The first-order valence-corrected chi connectivity index (χ1v) is 11.9. The molecule has 1 aromatic rings. The Morgan fingerprint density at radius 2 is 1.80 bits per heavy atom. The molecule has 0 aliphatic carbocycles. The zero-order valence-corrected chi connectivity index (χ0v) is 18.3. The van der Waals surface area contributed by atoms with E-state index in [1.807, 2.05) is 0 Å². The number of aliphatic carboxylic acids is 1. The van der Waals surface area contributed by atoms with E-state index in [4.69, 9.17) is 16.2 Å². The van der Waals surface area contributed by atoms with Gasteiger partial charge in [0.2, 0.25) is 24.9 Å². The SMILES string of the molecule is CC(C)(C)OC(=O)c1nc([C@@H](NS(=O)(=O)C[C@@H](N)S(=O)(=O)C(F)F)C(=O)O)c(N)s1. The van der Waals surface area contributed by atoms with Gasteiger partial charge < -0.3 is 21.3 Å². The third kappa shape index (κ3) is 6.79. The van der Waals surface area contributed by atoms with Crippen molar-refractivity contribution >= 4 is 48.1 Å². The summed E-state index contributed by atoms with van der Waals surface area (Å²) in [5.74, 6) is -8.23. The number of sulfonamides is 1. The van der Waals surface area contributed by atoms with Gasteiger partial charge in [-0.25, -0.2) is 26.6 Å². The number of carbonyl (C=O) groups excluding carboxylic acids is 1. The van der Waals surface area contributed by atoms with Crippen molar-refractivity contribution in [2.75, 3.05) is 11.5 Å². The van der Waals surface area contributed by atoms with Crippen LogP contribution in [0.5, 0.6) is 0 Å². The van der Waals surface area contributed by atoms with E-state index in [9.17, 15) is 40.3 Å². The van der Waals surface area contributed by atoms with Crippen LogP contribution in [0, 0.1) is 0 Å². The lowest BCUT2D eigenvalue weighted by atomic mass is 10.2. The predicted molar refractivity (Wildman–Crippen MR) is 102 cm³/mol. The first-order chi connectivity index (χ1) is 13.4. The molecular formula is C13H20F2N4O8S3. The number of anilines is 1. The Labute approximate surface area is 174 Å². The highest BCUT2D eigenvalue weighted by Crippen LogP contribution is 2.29. The third-order valence-corrected chi connectivity index (χ3v) is 7.12. The van der Waals surface area contributed by atoms with Crippen molar-refractivity contribution < 1.29 is 45.0 Å². The summed E-state index contributed by atoms with van der Waals surface area (Å²) >= 11 is 0.531. The Morgan fingerprint density at radius 1 is 1.27 bits per heavy atom.